The Kier molecular flexibility index (Phi) is 6.69. The minimum Gasteiger partial charge on any atom is -0.506 e. The summed E-state index contributed by atoms with van der Waals surface area (Å²) in [5.74, 6) is -0.325. The highest BCUT2D eigenvalue weighted by Crippen LogP contribution is 2.43. The summed E-state index contributed by atoms with van der Waals surface area (Å²) < 4.78 is 5.82. The lowest BCUT2D eigenvalue weighted by Crippen LogP contribution is -2.24. The van der Waals surface area contributed by atoms with Crippen LogP contribution in [0.15, 0.2) is 38.3 Å². The number of carbonyl (C=O) groups excluding carboxylic acids is 1. The Balaban J connectivity index is 2.00. The van der Waals surface area contributed by atoms with Crippen molar-refractivity contribution >= 4 is 55.6 Å². The second-order valence-electron chi connectivity index (χ2n) is 4.90. The predicted octanol–water partition coefficient (Wildman–Crippen LogP) is 4.11. The first-order chi connectivity index (χ1) is 11.8. The summed E-state index contributed by atoms with van der Waals surface area (Å²) in [6.07, 6.45) is 1.27. The molecule has 25 heavy (non-hydrogen) atoms. The van der Waals surface area contributed by atoms with Crippen LogP contribution in [0.4, 0.5) is 0 Å². The van der Waals surface area contributed by atoms with Crippen LogP contribution in [0.2, 0.25) is 5.02 Å². The minimum absolute atomic E-state index is 0.119. The molecule has 0 saturated heterocycles. The molecule has 0 fully saturated rings. The highest BCUT2D eigenvalue weighted by atomic mass is 79.9. The quantitative estimate of drug-likeness (QED) is 0.433. The normalized spacial score (nSPS) is 10.9. The molecule has 6 nitrogen and oxygen atoms in total. The van der Waals surface area contributed by atoms with Crippen LogP contribution < -0.4 is 10.2 Å². The van der Waals surface area contributed by atoms with Crippen molar-refractivity contribution in [2.24, 2.45) is 5.10 Å². The van der Waals surface area contributed by atoms with Crippen LogP contribution >= 0.6 is 43.5 Å². The van der Waals surface area contributed by atoms with E-state index in [1.807, 2.05) is 0 Å². The van der Waals surface area contributed by atoms with E-state index in [9.17, 15) is 15.0 Å². The molecule has 2 aromatic carbocycles. The number of hydrogen-bond donors (Lipinski definition) is 3. The van der Waals surface area contributed by atoms with Crippen LogP contribution in [0.25, 0.3) is 0 Å². The third-order valence-electron chi connectivity index (χ3n) is 3.16. The van der Waals surface area contributed by atoms with Crippen molar-refractivity contribution in [1.82, 2.24) is 5.43 Å². The van der Waals surface area contributed by atoms with Gasteiger partial charge >= 0.3 is 0 Å². The number of benzene rings is 2. The molecular weight excluding hydrogens is 479 g/mol. The fourth-order valence-corrected chi connectivity index (χ4v) is 3.13. The Morgan fingerprint density at radius 3 is 2.72 bits per heavy atom. The van der Waals surface area contributed by atoms with Gasteiger partial charge in [0.05, 0.1) is 10.7 Å². The summed E-state index contributed by atoms with van der Waals surface area (Å²) in [4.78, 5) is 11.7. The third kappa shape index (κ3) is 4.87. The largest absolute Gasteiger partial charge is 0.506 e. The Bertz CT molecular complexity index is 814. The summed E-state index contributed by atoms with van der Waals surface area (Å²) >= 11 is 12.1. The summed E-state index contributed by atoms with van der Waals surface area (Å²) in [5.41, 5.74) is 3.19. The number of nitrogens with one attached hydrogen (secondary N) is 1. The lowest BCUT2D eigenvalue weighted by molar-refractivity contribution is -0.123. The second kappa shape index (κ2) is 8.55. The van der Waals surface area contributed by atoms with Crippen molar-refractivity contribution in [3.8, 4) is 17.2 Å². The first-order valence-electron chi connectivity index (χ1n) is 6.91. The van der Waals surface area contributed by atoms with E-state index in [1.165, 1.54) is 6.21 Å². The maximum atomic E-state index is 11.7. The molecule has 0 saturated carbocycles. The topological polar surface area (TPSA) is 91.1 Å². The van der Waals surface area contributed by atoms with Crippen LogP contribution in [0.5, 0.6) is 17.2 Å². The van der Waals surface area contributed by atoms with Gasteiger partial charge in [0.15, 0.2) is 6.61 Å². The standard InChI is InChI=1S/C16H13Br2ClN2O4/c1-8-11(15(23)14(18)16(24)13(8)17)6-20-21-12(22)7-25-10-4-2-3-9(19)5-10/h2-6,23-24H,7H2,1H3,(H,21,22)/b20-6-. The van der Waals surface area contributed by atoms with Gasteiger partial charge in [0.2, 0.25) is 0 Å². The number of hydrogen-bond acceptors (Lipinski definition) is 5. The van der Waals surface area contributed by atoms with Gasteiger partial charge in [0.1, 0.15) is 21.7 Å². The first-order valence-corrected chi connectivity index (χ1v) is 8.87. The highest BCUT2D eigenvalue weighted by molar-refractivity contribution is 9.11. The molecule has 0 bridgehead atoms. The van der Waals surface area contributed by atoms with Crippen molar-refractivity contribution in [2.45, 2.75) is 6.92 Å². The summed E-state index contributed by atoms with van der Waals surface area (Å²) in [5, 5.41) is 24.2. The van der Waals surface area contributed by atoms with Crippen LogP contribution in [-0.4, -0.2) is 28.9 Å². The Hall–Kier alpha value is -1.77. The van der Waals surface area contributed by atoms with Gasteiger partial charge in [-0.25, -0.2) is 5.43 Å². The van der Waals surface area contributed by atoms with E-state index < -0.39 is 5.91 Å². The van der Waals surface area contributed by atoms with Gasteiger partial charge in [-0.1, -0.05) is 17.7 Å². The second-order valence-corrected chi connectivity index (χ2v) is 6.93. The van der Waals surface area contributed by atoms with Crippen molar-refractivity contribution in [1.29, 1.82) is 0 Å². The molecular formula is C16H13Br2ClN2O4. The number of hydrazone groups is 1. The van der Waals surface area contributed by atoms with E-state index in [-0.39, 0.29) is 22.6 Å². The van der Waals surface area contributed by atoms with E-state index in [0.717, 1.165) is 0 Å². The molecule has 0 atom stereocenters. The average molecular weight is 493 g/mol. The Labute approximate surface area is 165 Å². The number of aromatic hydroxyl groups is 2. The number of phenolic OH excluding ortho intramolecular Hbond substituents is 2. The molecule has 0 aliphatic carbocycles. The van der Waals surface area contributed by atoms with Gasteiger partial charge in [0.25, 0.3) is 5.91 Å². The van der Waals surface area contributed by atoms with Gasteiger partial charge < -0.3 is 14.9 Å². The minimum atomic E-state index is -0.481. The van der Waals surface area contributed by atoms with E-state index in [0.29, 0.717) is 26.4 Å². The number of ether oxygens (including phenoxy) is 1. The van der Waals surface area contributed by atoms with Crippen LogP contribution in [-0.2, 0) is 4.79 Å². The molecule has 0 unspecified atom stereocenters. The van der Waals surface area contributed by atoms with Crippen LogP contribution in [0.1, 0.15) is 11.1 Å². The van der Waals surface area contributed by atoms with Gasteiger partial charge in [-0.05, 0) is 62.5 Å². The van der Waals surface area contributed by atoms with Crippen molar-refractivity contribution in [3.63, 3.8) is 0 Å². The van der Waals surface area contributed by atoms with Crippen LogP contribution in [0, 0.1) is 6.92 Å². The fraction of sp³-hybridized carbons (Fsp3) is 0.125. The van der Waals surface area contributed by atoms with Crippen molar-refractivity contribution < 1.29 is 19.7 Å². The summed E-state index contributed by atoms with van der Waals surface area (Å²) in [6.45, 7) is 1.44. The number of nitrogens with zero attached hydrogens (tertiary/aromatic N) is 1. The summed E-state index contributed by atoms with van der Waals surface area (Å²) in [7, 11) is 0. The third-order valence-corrected chi connectivity index (χ3v) is 5.12. The van der Waals surface area contributed by atoms with Crippen molar-refractivity contribution in [3.05, 3.63) is 49.4 Å². The number of phenols is 2. The van der Waals surface area contributed by atoms with Crippen LogP contribution in [0.3, 0.4) is 0 Å². The Morgan fingerprint density at radius 1 is 1.32 bits per heavy atom. The van der Waals surface area contributed by atoms with Gasteiger partial charge in [-0.15, -0.1) is 0 Å². The maximum absolute atomic E-state index is 11.7. The molecule has 0 heterocycles. The van der Waals surface area contributed by atoms with Gasteiger partial charge in [-0.2, -0.15) is 5.10 Å². The van der Waals surface area contributed by atoms with E-state index in [4.69, 9.17) is 16.3 Å². The smallest absolute Gasteiger partial charge is 0.277 e. The predicted molar refractivity (Wildman–Crippen MR) is 103 cm³/mol. The Morgan fingerprint density at radius 2 is 2.04 bits per heavy atom. The number of carbonyl (C=O) groups is 1. The fourth-order valence-electron chi connectivity index (χ4n) is 1.86. The van der Waals surface area contributed by atoms with Gasteiger partial charge in [0, 0.05) is 10.6 Å². The van der Waals surface area contributed by atoms with E-state index in [1.54, 1.807) is 31.2 Å². The van der Waals surface area contributed by atoms with E-state index >= 15 is 0 Å². The molecule has 0 aromatic heterocycles. The SMILES string of the molecule is Cc1c(Br)c(O)c(Br)c(O)c1/C=N\NC(=O)COc1cccc(Cl)c1. The molecule has 132 valence electrons. The molecule has 3 N–H and O–H groups in total. The summed E-state index contributed by atoms with van der Waals surface area (Å²) in [6, 6.07) is 6.67. The zero-order chi connectivity index (χ0) is 18.6. The molecule has 0 aliphatic heterocycles. The van der Waals surface area contributed by atoms with E-state index in [2.05, 4.69) is 42.4 Å². The number of halogens is 3. The lowest BCUT2D eigenvalue weighted by atomic mass is 10.1. The molecule has 0 radical (unpaired) electrons. The first kappa shape index (κ1) is 19.6. The average Bonchev–Trinajstić information content (AvgIpc) is 2.59. The maximum Gasteiger partial charge on any atom is 0.277 e. The molecule has 1 amide bonds. The van der Waals surface area contributed by atoms with Crippen molar-refractivity contribution in [2.75, 3.05) is 6.61 Å². The molecule has 2 aromatic rings. The van der Waals surface area contributed by atoms with Gasteiger partial charge in [-0.3, -0.25) is 4.79 Å². The zero-order valence-corrected chi connectivity index (χ0v) is 16.8. The number of rotatable bonds is 5. The molecule has 9 heteroatoms. The molecule has 0 aliphatic rings. The molecule has 2 rings (SSSR count). The lowest BCUT2D eigenvalue weighted by Gasteiger charge is -2.11. The molecule has 0 spiro atoms. The highest BCUT2D eigenvalue weighted by Gasteiger charge is 2.17. The zero-order valence-electron chi connectivity index (χ0n) is 12.9. The monoisotopic (exact) mass is 490 g/mol. The number of amides is 1.